The van der Waals surface area contributed by atoms with Crippen LogP contribution in [0.15, 0.2) is 42.7 Å². The highest BCUT2D eigenvalue weighted by Gasteiger charge is 2.26. The number of hydrogen-bond acceptors (Lipinski definition) is 7. The largest absolute Gasteiger partial charge is 0.353 e. The average molecular weight is 422 g/mol. The van der Waals surface area contributed by atoms with Crippen molar-refractivity contribution >= 4 is 49.0 Å². The van der Waals surface area contributed by atoms with Gasteiger partial charge in [-0.1, -0.05) is 18.2 Å². The number of nitrogens with zero attached hydrogens (tertiary/aromatic N) is 5. The van der Waals surface area contributed by atoms with Crippen molar-refractivity contribution in [1.29, 1.82) is 0 Å². The molecule has 0 atom stereocenters. The van der Waals surface area contributed by atoms with Crippen LogP contribution in [0.4, 0.5) is 5.82 Å². The van der Waals surface area contributed by atoms with Gasteiger partial charge >= 0.3 is 0 Å². The maximum absolute atomic E-state index is 11.9. The van der Waals surface area contributed by atoms with E-state index in [4.69, 9.17) is 11.6 Å². The molecule has 0 bridgehead atoms. The van der Waals surface area contributed by atoms with Gasteiger partial charge in [-0.05, 0) is 23.8 Å². The summed E-state index contributed by atoms with van der Waals surface area (Å²) in [4.78, 5) is 16.9. The van der Waals surface area contributed by atoms with Gasteiger partial charge in [0.1, 0.15) is 22.1 Å². The highest BCUT2D eigenvalue weighted by Crippen LogP contribution is 2.36. The van der Waals surface area contributed by atoms with Gasteiger partial charge in [-0.3, -0.25) is 0 Å². The molecule has 0 saturated carbocycles. The summed E-state index contributed by atoms with van der Waals surface area (Å²) in [6.07, 6.45) is 3.22. The van der Waals surface area contributed by atoms with Crippen molar-refractivity contribution in [3.05, 3.63) is 47.9 Å². The SMILES string of the molecule is C=CS(=O)(=O)N1CCN(c2ncnc3sc(-c4ccnc(Cl)c4)cc23)CC1. The first-order chi connectivity index (χ1) is 13.0. The smallest absolute Gasteiger partial charge is 0.235 e. The van der Waals surface area contributed by atoms with Crippen molar-refractivity contribution in [3.63, 3.8) is 0 Å². The van der Waals surface area contributed by atoms with E-state index >= 15 is 0 Å². The Kier molecular flexibility index (Phi) is 4.85. The second kappa shape index (κ2) is 7.16. The monoisotopic (exact) mass is 421 g/mol. The third-order valence-electron chi connectivity index (χ3n) is 4.43. The summed E-state index contributed by atoms with van der Waals surface area (Å²) in [6, 6.07) is 5.77. The molecule has 0 aromatic carbocycles. The molecule has 1 fully saturated rings. The van der Waals surface area contributed by atoms with Crippen molar-refractivity contribution in [1.82, 2.24) is 19.3 Å². The van der Waals surface area contributed by atoms with Gasteiger partial charge in [0.25, 0.3) is 0 Å². The molecule has 4 heterocycles. The molecule has 1 aliphatic heterocycles. The number of anilines is 1. The van der Waals surface area contributed by atoms with Crippen molar-refractivity contribution < 1.29 is 8.42 Å². The normalized spacial score (nSPS) is 16.0. The first-order valence-corrected chi connectivity index (χ1v) is 10.9. The Morgan fingerprint density at radius 2 is 1.93 bits per heavy atom. The lowest BCUT2D eigenvalue weighted by Crippen LogP contribution is -2.48. The third-order valence-corrected chi connectivity index (χ3v) is 7.23. The zero-order valence-electron chi connectivity index (χ0n) is 14.2. The lowest BCUT2D eigenvalue weighted by molar-refractivity contribution is 0.389. The van der Waals surface area contributed by atoms with E-state index < -0.39 is 10.0 Å². The van der Waals surface area contributed by atoms with E-state index in [9.17, 15) is 8.42 Å². The molecule has 0 unspecified atom stereocenters. The quantitative estimate of drug-likeness (QED) is 0.602. The minimum absolute atomic E-state index is 0.400. The van der Waals surface area contributed by atoms with E-state index in [1.165, 1.54) is 4.31 Å². The molecule has 0 radical (unpaired) electrons. The van der Waals surface area contributed by atoms with Gasteiger partial charge in [-0.15, -0.1) is 11.3 Å². The summed E-state index contributed by atoms with van der Waals surface area (Å²) < 4.78 is 25.3. The second-order valence-corrected chi connectivity index (χ2v) is 9.29. The number of rotatable bonds is 4. The topological polar surface area (TPSA) is 79.3 Å². The summed E-state index contributed by atoms with van der Waals surface area (Å²) in [5, 5.41) is 2.39. The van der Waals surface area contributed by atoms with Crippen LogP contribution >= 0.6 is 22.9 Å². The molecular formula is C17H16ClN5O2S2. The lowest BCUT2D eigenvalue weighted by atomic mass is 10.2. The molecule has 0 amide bonds. The number of fused-ring (bicyclic) bond motifs is 1. The van der Waals surface area contributed by atoms with Gasteiger partial charge in [0.15, 0.2) is 0 Å². The van der Waals surface area contributed by atoms with Crippen LogP contribution in [0.2, 0.25) is 5.15 Å². The Morgan fingerprint density at radius 3 is 2.63 bits per heavy atom. The molecule has 3 aromatic heterocycles. The van der Waals surface area contributed by atoms with Crippen molar-refractivity contribution in [2.45, 2.75) is 0 Å². The molecule has 0 aliphatic carbocycles. The van der Waals surface area contributed by atoms with Crippen LogP contribution in [-0.2, 0) is 10.0 Å². The fraction of sp³-hybridized carbons (Fsp3) is 0.235. The zero-order valence-corrected chi connectivity index (χ0v) is 16.6. The number of halogens is 1. The van der Waals surface area contributed by atoms with Crippen LogP contribution in [0.5, 0.6) is 0 Å². The first-order valence-electron chi connectivity index (χ1n) is 8.22. The van der Waals surface area contributed by atoms with E-state index in [0.717, 1.165) is 31.9 Å². The summed E-state index contributed by atoms with van der Waals surface area (Å²) in [5.41, 5.74) is 0.978. The van der Waals surface area contributed by atoms with Gasteiger partial charge < -0.3 is 4.90 Å². The predicted octanol–water partition coefficient (Wildman–Crippen LogP) is 3.00. The molecule has 4 rings (SSSR count). The highest BCUT2D eigenvalue weighted by atomic mass is 35.5. The summed E-state index contributed by atoms with van der Waals surface area (Å²) in [7, 11) is -3.38. The Bertz CT molecular complexity index is 1110. The van der Waals surface area contributed by atoms with Crippen LogP contribution in [0.3, 0.4) is 0 Å². The molecule has 1 aliphatic rings. The van der Waals surface area contributed by atoms with Gasteiger partial charge in [-0.2, -0.15) is 4.31 Å². The number of pyridine rings is 1. The summed E-state index contributed by atoms with van der Waals surface area (Å²) >= 11 is 7.57. The van der Waals surface area contributed by atoms with E-state index in [1.54, 1.807) is 23.9 Å². The average Bonchev–Trinajstić information content (AvgIpc) is 3.12. The standard InChI is InChI=1S/C17H16ClN5O2S2/c1-2-27(24,25)23-7-5-22(6-8-23)16-13-10-14(26-17(13)21-11-20-16)12-3-4-19-15(18)9-12/h2-4,9-11H,1,5-8H2. The minimum Gasteiger partial charge on any atom is -0.353 e. The van der Waals surface area contributed by atoms with Gasteiger partial charge in [0.05, 0.1) is 5.39 Å². The molecule has 10 heteroatoms. The molecule has 3 aromatic rings. The molecule has 140 valence electrons. The Balaban J connectivity index is 1.65. The highest BCUT2D eigenvalue weighted by molar-refractivity contribution is 7.92. The van der Waals surface area contributed by atoms with Crippen LogP contribution in [-0.4, -0.2) is 53.9 Å². The van der Waals surface area contributed by atoms with E-state index in [2.05, 4.69) is 26.4 Å². The lowest BCUT2D eigenvalue weighted by Gasteiger charge is -2.34. The van der Waals surface area contributed by atoms with E-state index in [1.807, 2.05) is 18.2 Å². The minimum atomic E-state index is -3.38. The fourth-order valence-electron chi connectivity index (χ4n) is 3.05. The van der Waals surface area contributed by atoms with Crippen molar-refractivity contribution in [2.75, 3.05) is 31.1 Å². The van der Waals surface area contributed by atoms with Crippen LogP contribution in [0.1, 0.15) is 0 Å². The van der Waals surface area contributed by atoms with Crippen molar-refractivity contribution in [2.24, 2.45) is 0 Å². The number of sulfonamides is 1. The molecule has 7 nitrogen and oxygen atoms in total. The molecule has 0 spiro atoms. The predicted molar refractivity (Wildman–Crippen MR) is 109 cm³/mol. The second-order valence-electron chi connectivity index (χ2n) is 5.99. The summed E-state index contributed by atoms with van der Waals surface area (Å²) in [5.74, 6) is 0.818. The molecule has 0 N–H and O–H groups in total. The number of hydrogen-bond donors (Lipinski definition) is 0. The van der Waals surface area contributed by atoms with Crippen molar-refractivity contribution in [3.8, 4) is 10.4 Å². The number of aromatic nitrogens is 3. The molecular weight excluding hydrogens is 406 g/mol. The first kappa shape index (κ1) is 18.3. The molecule has 1 saturated heterocycles. The van der Waals surface area contributed by atoms with Gasteiger partial charge in [0.2, 0.25) is 10.0 Å². The Hall–Kier alpha value is -2.07. The molecule has 27 heavy (non-hydrogen) atoms. The zero-order chi connectivity index (χ0) is 19.0. The van der Waals surface area contributed by atoms with E-state index in [-0.39, 0.29) is 0 Å². The van der Waals surface area contributed by atoms with Crippen LogP contribution in [0, 0.1) is 0 Å². The maximum atomic E-state index is 11.9. The van der Waals surface area contributed by atoms with Gasteiger partial charge in [-0.25, -0.2) is 23.4 Å². The third kappa shape index (κ3) is 3.55. The fourth-order valence-corrected chi connectivity index (χ4v) is 5.10. The number of thiophene rings is 1. The summed E-state index contributed by atoms with van der Waals surface area (Å²) in [6.45, 7) is 5.31. The maximum Gasteiger partial charge on any atom is 0.235 e. The Morgan fingerprint density at radius 1 is 1.15 bits per heavy atom. The van der Waals surface area contributed by atoms with Crippen LogP contribution in [0.25, 0.3) is 20.7 Å². The number of piperazine rings is 1. The van der Waals surface area contributed by atoms with Gasteiger partial charge in [0, 0.05) is 42.7 Å². The van der Waals surface area contributed by atoms with Crippen LogP contribution < -0.4 is 4.90 Å². The Labute approximate surface area is 166 Å². The van der Waals surface area contributed by atoms with E-state index in [0.29, 0.717) is 31.3 Å².